The highest BCUT2D eigenvalue weighted by Gasteiger charge is 2.21. The van der Waals surface area contributed by atoms with E-state index < -0.39 is 23.5 Å². The zero-order valence-corrected chi connectivity index (χ0v) is 7.65. The zero-order valence-electron chi connectivity index (χ0n) is 6.06. The van der Waals surface area contributed by atoms with Crippen LogP contribution in [0.1, 0.15) is 17.7 Å². The van der Waals surface area contributed by atoms with E-state index in [0.29, 0.717) is 0 Å². The Hall–Kier alpha value is -1.09. The standard InChI is InChI=1S/C7H2BrF3N2/c8-3-2-13-4(1-12)5(6(3)9)7(10)11/h2,7H. The largest absolute Gasteiger partial charge is 0.269 e. The van der Waals surface area contributed by atoms with Crippen LogP contribution < -0.4 is 0 Å². The highest BCUT2D eigenvalue weighted by Crippen LogP contribution is 2.28. The molecule has 0 amide bonds. The third-order valence-electron chi connectivity index (χ3n) is 1.33. The number of hydrogen-bond acceptors (Lipinski definition) is 2. The van der Waals surface area contributed by atoms with E-state index >= 15 is 0 Å². The molecule has 0 aliphatic carbocycles. The Kier molecular flexibility index (Phi) is 2.88. The topological polar surface area (TPSA) is 36.7 Å². The summed E-state index contributed by atoms with van der Waals surface area (Å²) in [6.07, 6.45) is -2.07. The molecule has 1 rings (SSSR count). The van der Waals surface area contributed by atoms with Crippen molar-refractivity contribution in [3.63, 3.8) is 0 Å². The molecular weight excluding hydrogens is 249 g/mol. The van der Waals surface area contributed by atoms with Crippen LogP contribution in [0, 0.1) is 17.1 Å². The van der Waals surface area contributed by atoms with Gasteiger partial charge in [0.1, 0.15) is 6.07 Å². The second-order valence-electron chi connectivity index (χ2n) is 2.09. The molecule has 0 radical (unpaired) electrons. The SMILES string of the molecule is N#Cc1ncc(Br)c(F)c1C(F)F. The number of pyridine rings is 1. The Balaban J connectivity index is 3.43. The summed E-state index contributed by atoms with van der Waals surface area (Å²) >= 11 is 2.70. The van der Waals surface area contributed by atoms with Crippen LogP contribution in [0.25, 0.3) is 0 Å². The highest BCUT2D eigenvalue weighted by atomic mass is 79.9. The number of alkyl halides is 2. The van der Waals surface area contributed by atoms with Gasteiger partial charge in [-0.05, 0) is 15.9 Å². The molecule has 0 saturated heterocycles. The second-order valence-corrected chi connectivity index (χ2v) is 2.95. The molecule has 1 aromatic heterocycles. The predicted molar refractivity (Wildman–Crippen MR) is 41.6 cm³/mol. The third kappa shape index (κ3) is 1.80. The lowest BCUT2D eigenvalue weighted by atomic mass is 10.2. The summed E-state index contributed by atoms with van der Waals surface area (Å²) < 4.78 is 37.2. The van der Waals surface area contributed by atoms with Gasteiger partial charge >= 0.3 is 0 Å². The summed E-state index contributed by atoms with van der Waals surface area (Å²) in [5.74, 6) is -1.14. The molecule has 6 heteroatoms. The lowest BCUT2D eigenvalue weighted by Gasteiger charge is -2.03. The quantitative estimate of drug-likeness (QED) is 0.769. The first-order chi connectivity index (χ1) is 6.07. The number of nitrogens with zero attached hydrogens (tertiary/aromatic N) is 2. The number of halogens is 4. The Morgan fingerprint density at radius 2 is 2.15 bits per heavy atom. The van der Waals surface area contributed by atoms with Crippen molar-refractivity contribution >= 4 is 15.9 Å². The number of hydrogen-bond donors (Lipinski definition) is 0. The van der Waals surface area contributed by atoms with E-state index in [4.69, 9.17) is 5.26 Å². The molecule has 13 heavy (non-hydrogen) atoms. The van der Waals surface area contributed by atoms with Crippen molar-refractivity contribution in [2.24, 2.45) is 0 Å². The molecule has 0 unspecified atom stereocenters. The first-order valence-corrected chi connectivity index (χ1v) is 3.89. The molecule has 0 bridgehead atoms. The summed E-state index contributed by atoms with van der Waals surface area (Å²) in [5.41, 5.74) is -1.55. The maximum absolute atomic E-state index is 13.0. The lowest BCUT2D eigenvalue weighted by molar-refractivity contribution is 0.145. The summed E-state index contributed by atoms with van der Waals surface area (Å²) in [6, 6.07) is 1.39. The van der Waals surface area contributed by atoms with Gasteiger partial charge in [0.25, 0.3) is 6.43 Å². The molecular formula is C7H2BrF3N2. The number of aromatic nitrogens is 1. The summed E-state index contributed by atoms with van der Waals surface area (Å²) in [6.45, 7) is 0. The molecule has 0 N–H and O–H groups in total. The van der Waals surface area contributed by atoms with Crippen LogP contribution >= 0.6 is 15.9 Å². The second kappa shape index (κ2) is 3.75. The van der Waals surface area contributed by atoms with Crippen LogP contribution in [-0.4, -0.2) is 4.98 Å². The fraction of sp³-hybridized carbons (Fsp3) is 0.143. The van der Waals surface area contributed by atoms with Crippen molar-refractivity contribution in [2.45, 2.75) is 6.43 Å². The van der Waals surface area contributed by atoms with Crippen LogP contribution in [0.4, 0.5) is 13.2 Å². The Labute approximate surface area is 80.1 Å². The zero-order chi connectivity index (χ0) is 10.0. The van der Waals surface area contributed by atoms with E-state index in [-0.39, 0.29) is 4.47 Å². The van der Waals surface area contributed by atoms with E-state index in [1.165, 1.54) is 6.07 Å². The summed E-state index contributed by atoms with van der Waals surface area (Å²) in [4.78, 5) is 3.35. The molecule has 0 fully saturated rings. The van der Waals surface area contributed by atoms with E-state index in [2.05, 4.69) is 20.9 Å². The molecule has 1 heterocycles. The van der Waals surface area contributed by atoms with E-state index in [1.807, 2.05) is 0 Å². The molecule has 0 aliphatic rings. The Morgan fingerprint density at radius 3 is 2.62 bits per heavy atom. The smallest absolute Gasteiger partial charge is 0.244 e. The number of rotatable bonds is 1. The van der Waals surface area contributed by atoms with Gasteiger partial charge < -0.3 is 0 Å². The molecule has 2 nitrogen and oxygen atoms in total. The average Bonchev–Trinajstić information content (AvgIpc) is 2.08. The minimum atomic E-state index is -3.04. The van der Waals surface area contributed by atoms with Gasteiger partial charge in [-0.25, -0.2) is 18.2 Å². The van der Waals surface area contributed by atoms with Gasteiger partial charge in [0.2, 0.25) is 0 Å². The van der Waals surface area contributed by atoms with Crippen LogP contribution in [0.15, 0.2) is 10.7 Å². The number of nitriles is 1. The van der Waals surface area contributed by atoms with Crippen molar-refractivity contribution in [1.82, 2.24) is 4.98 Å². The van der Waals surface area contributed by atoms with Crippen molar-refractivity contribution in [1.29, 1.82) is 5.26 Å². The molecule has 0 spiro atoms. The molecule has 0 aromatic carbocycles. The maximum Gasteiger partial charge on any atom is 0.269 e. The molecule has 1 aromatic rings. The van der Waals surface area contributed by atoms with Crippen LogP contribution in [0.2, 0.25) is 0 Å². The van der Waals surface area contributed by atoms with Gasteiger partial charge in [-0.2, -0.15) is 5.26 Å². The van der Waals surface area contributed by atoms with Gasteiger partial charge in [0.05, 0.1) is 10.0 Å². The first kappa shape index (κ1) is 9.99. The van der Waals surface area contributed by atoms with Crippen LogP contribution in [-0.2, 0) is 0 Å². The monoisotopic (exact) mass is 250 g/mol. The van der Waals surface area contributed by atoms with Gasteiger partial charge in [-0.15, -0.1) is 0 Å². The van der Waals surface area contributed by atoms with Gasteiger partial charge in [-0.1, -0.05) is 0 Å². The average molecular weight is 251 g/mol. The summed E-state index contributed by atoms with van der Waals surface area (Å²) in [5, 5.41) is 8.35. The molecule has 0 atom stereocenters. The van der Waals surface area contributed by atoms with Crippen LogP contribution in [0.5, 0.6) is 0 Å². The Bertz CT molecular complexity index is 373. The van der Waals surface area contributed by atoms with Crippen molar-refractivity contribution in [3.05, 3.63) is 27.7 Å². The van der Waals surface area contributed by atoms with E-state index in [9.17, 15) is 13.2 Å². The van der Waals surface area contributed by atoms with Crippen molar-refractivity contribution < 1.29 is 13.2 Å². The normalized spacial score (nSPS) is 10.2. The fourth-order valence-electron chi connectivity index (χ4n) is 0.768. The van der Waals surface area contributed by atoms with E-state index in [0.717, 1.165) is 6.20 Å². The summed E-state index contributed by atoms with van der Waals surface area (Å²) in [7, 11) is 0. The third-order valence-corrected chi connectivity index (χ3v) is 1.89. The minimum absolute atomic E-state index is 0.179. The fourth-order valence-corrected chi connectivity index (χ4v) is 1.08. The first-order valence-electron chi connectivity index (χ1n) is 3.10. The van der Waals surface area contributed by atoms with Gasteiger partial charge in [-0.3, -0.25) is 0 Å². The highest BCUT2D eigenvalue weighted by molar-refractivity contribution is 9.10. The van der Waals surface area contributed by atoms with E-state index in [1.54, 1.807) is 0 Å². The van der Waals surface area contributed by atoms with Crippen LogP contribution in [0.3, 0.4) is 0 Å². The van der Waals surface area contributed by atoms with Crippen molar-refractivity contribution in [3.8, 4) is 6.07 Å². The maximum atomic E-state index is 13.0. The van der Waals surface area contributed by atoms with Crippen molar-refractivity contribution in [2.75, 3.05) is 0 Å². The minimum Gasteiger partial charge on any atom is -0.244 e. The predicted octanol–water partition coefficient (Wildman–Crippen LogP) is 2.79. The van der Waals surface area contributed by atoms with Gasteiger partial charge in [0, 0.05) is 6.20 Å². The Morgan fingerprint density at radius 1 is 1.54 bits per heavy atom. The lowest BCUT2D eigenvalue weighted by Crippen LogP contribution is -1.99. The molecule has 68 valence electrons. The molecule has 0 saturated carbocycles. The molecule has 0 aliphatic heterocycles. The van der Waals surface area contributed by atoms with Gasteiger partial charge in [0.15, 0.2) is 11.5 Å².